The van der Waals surface area contributed by atoms with Crippen LogP contribution in [-0.2, 0) is 6.42 Å². The molecule has 5 rings (SSSR count). The monoisotopic (exact) mass is 511 g/mol. The van der Waals surface area contributed by atoms with Crippen molar-refractivity contribution in [1.82, 2.24) is 14.3 Å². The quantitative estimate of drug-likeness (QED) is 0.297. The number of para-hydroxylation sites is 2. The van der Waals surface area contributed by atoms with Gasteiger partial charge in [0, 0.05) is 38.8 Å². The van der Waals surface area contributed by atoms with Crippen molar-refractivity contribution in [3.05, 3.63) is 65.2 Å². The lowest BCUT2D eigenvalue weighted by atomic mass is 9.96. The number of imidazole rings is 1. The Hall–Kier alpha value is -3.76. The van der Waals surface area contributed by atoms with Crippen molar-refractivity contribution in [2.75, 3.05) is 51.3 Å². The van der Waals surface area contributed by atoms with Crippen LogP contribution in [0.2, 0.25) is 0 Å². The Kier molecular flexibility index (Phi) is 7.71. The Morgan fingerprint density at radius 3 is 2.53 bits per heavy atom. The van der Waals surface area contributed by atoms with Gasteiger partial charge in [-0.15, -0.1) is 0 Å². The third-order valence-electron chi connectivity index (χ3n) is 7.57. The predicted molar refractivity (Wildman–Crippen MR) is 152 cm³/mol. The third kappa shape index (κ3) is 5.14. The lowest BCUT2D eigenvalue weighted by Crippen LogP contribution is -2.48. The van der Waals surface area contributed by atoms with Crippen LogP contribution in [-0.4, -0.2) is 60.7 Å². The van der Waals surface area contributed by atoms with E-state index in [0.717, 1.165) is 79.3 Å². The molecule has 0 unspecified atom stereocenters. The molecule has 1 fully saturated rings. The molecule has 1 saturated heterocycles. The van der Waals surface area contributed by atoms with E-state index in [1.165, 1.54) is 11.4 Å². The molecule has 0 amide bonds. The fourth-order valence-electron chi connectivity index (χ4n) is 5.39. The van der Waals surface area contributed by atoms with E-state index in [1.54, 1.807) is 7.11 Å². The molecule has 0 radical (unpaired) electrons. The average Bonchev–Trinajstić information content (AvgIpc) is 3.31. The van der Waals surface area contributed by atoms with Gasteiger partial charge in [-0.25, -0.2) is 4.98 Å². The molecule has 3 heterocycles. The van der Waals surface area contributed by atoms with E-state index in [4.69, 9.17) is 14.5 Å². The summed E-state index contributed by atoms with van der Waals surface area (Å²) in [6, 6.07) is 18.5. The Morgan fingerprint density at radius 2 is 1.79 bits per heavy atom. The van der Waals surface area contributed by atoms with E-state index in [-0.39, 0.29) is 0 Å². The van der Waals surface area contributed by atoms with Crippen molar-refractivity contribution in [2.24, 2.45) is 5.92 Å². The molecule has 1 aliphatic heterocycles. The number of aromatic nitrogens is 2. The number of pyridine rings is 1. The molecule has 0 N–H and O–H groups in total. The molecule has 0 bridgehead atoms. The molecule has 0 atom stereocenters. The van der Waals surface area contributed by atoms with E-state index in [1.807, 2.05) is 36.4 Å². The Morgan fingerprint density at radius 1 is 1.03 bits per heavy atom. The number of hydrogen-bond donors (Lipinski definition) is 0. The minimum absolute atomic E-state index is 0.587. The fraction of sp³-hybridized carbons (Fsp3) is 0.419. The van der Waals surface area contributed by atoms with Crippen LogP contribution in [0.1, 0.15) is 37.0 Å². The zero-order chi connectivity index (χ0) is 26.6. The van der Waals surface area contributed by atoms with Crippen molar-refractivity contribution >= 4 is 22.5 Å². The van der Waals surface area contributed by atoms with Gasteiger partial charge in [0.25, 0.3) is 0 Å². The first-order valence-corrected chi connectivity index (χ1v) is 13.6. The maximum Gasteiger partial charge on any atom is 0.157 e. The maximum atomic E-state index is 10.1. The van der Waals surface area contributed by atoms with E-state index < -0.39 is 0 Å². The molecule has 198 valence electrons. The highest BCUT2D eigenvalue weighted by molar-refractivity contribution is 5.86. The van der Waals surface area contributed by atoms with Gasteiger partial charge in [0.05, 0.1) is 23.7 Å². The number of piperazine rings is 1. The van der Waals surface area contributed by atoms with Crippen molar-refractivity contribution in [3.63, 3.8) is 0 Å². The van der Waals surface area contributed by atoms with Gasteiger partial charge in [0.2, 0.25) is 0 Å². The number of methoxy groups -OCH3 is 1. The van der Waals surface area contributed by atoms with Crippen LogP contribution in [0.4, 0.5) is 5.82 Å². The average molecular weight is 512 g/mol. The Balaban J connectivity index is 1.40. The third-order valence-corrected chi connectivity index (χ3v) is 7.57. The summed E-state index contributed by atoms with van der Waals surface area (Å²) in [7, 11) is 1.67. The summed E-state index contributed by atoms with van der Waals surface area (Å²) in [5.74, 6) is 3.43. The second kappa shape index (κ2) is 11.3. The molecule has 2 aromatic carbocycles. The topological polar surface area (TPSA) is 66.0 Å². The normalized spacial score (nSPS) is 14.4. The first kappa shape index (κ1) is 25.9. The number of fused-ring (bicyclic) bond motifs is 3. The molecular weight excluding hydrogens is 474 g/mol. The summed E-state index contributed by atoms with van der Waals surface area (Å²) < 4.78 is 13.5. The lowest BCUT2D eigenvalue weighted by molar-refractivity contribution is 0.200. The maximum absolute atomic E-state index is 10.1. The fourth-order valence-corrected chi connectivity index (χ4v) is 5.39. The molecule has 0 spiro atoms. The van der Waals surface area contributed by atoms with Crippen molar-refractivity contribution in [3.8, 4) is 17.6 Å². The van der Waals surface area contributed by atoms with E-state index >= 15 is 0 Å². The number of nitriles is 1. The molecule has 0 saturated carbocycles. The minimum atomic E-state index is 0.587. The summed E-state index contributed by atoms with van der Waals surface area (Å²) >= 11 is 0. The van der Waals surface area contributed by atoms with Gasteiger partial charge in [0.15, 0.2) is 5.65 Å². The van der Waals surface area contributed by atoms with Crippen molar-refractivity contribution in [1.29, 1.82) is 5.26 Å². The highest BCUT2D eigenvalue weighted by Gasteiger charge is 2.26. The van der Waals surface area contributed by atoms with Gasteiger partial charge in [-0.2, -0.15) is 5.26 Å². The van der Waals surface area contributed by atoms with Gasteiger partial charge in [0.1, 0.15) is 30.0 Å². The highest BCUT2D eigenvalue weighted by Crippen LogP contribution is 2.35. The van der Waals surface area contributed by atoms with Gasteiger partial charge < -0.3 is 14.4 Å². The second-order valence-electron chi connectivity index (χ2n) is 10.5. The number of anilines is 1. The SMILES string of the molecule is COc1cccc(OCCN2CCN(c3c(CCC(C)C)c(C)c(C#N)c4nc5ccccc5n34)CC2)c1. The molecular formula is C31H37N5O2. The minimum Gasteiger partial charge on any atom is -0.497 e. The number of nitrogens with zero attached hydrogens (tertiary/aromatic N) is 5. The summed E-state index contributed by atoms with van der Waals surface area (Å²) in [4.78, 5) is 9.88. The van der Waals surface area contributed by atoms with Gasteiger partial charge >= 0.3 is 0 Å². The van der Waals surface area contributed by atoms with Gasteiger partial charge in [-0.3, -0.25) is 9.30 Å². The Labute approximate surface area is 225 Å². The first-order valence-electron chi connectivity index (χ1n) is 13.6. The van der Waals surface area contributed by atoms with Crippen LogP contribution in [0.5, 0.6) is 11.5 Å². The summed E-state index contributed by atoms with van der Waals surface area (Å²) in [5.41, 5.74) is 5.80. The zero-order valence-corrected chi connectivity index (χ0v) is 22.9. The first-order chi connectivity index (χ1) is 18.5. The number of hydrogen-bond acceptors (Lipinski definition) is 6. The predicted octanol–water partition coefficient (Wildman–Crippen LogP) is 5.47. The number of benzene rings is 2. The van der Waals surface area contributed by atoms with Crippen LogP contribution in [0.15, 0.2) is 48.5 Å². The summed E-state index contributed by atoms with van der Waals surface area (Å²) in [5, 5.41) is 10.1. The molecule has 1 aliphatic rings. The van der Waals surface area contributed by atoms with Crippen LogP contribution in [0.25, 0.3) is 16.7 Å². The van der Waals surface area contributed by atoms with Gasteiger partial charge in [-0.1, -0.05) is 32.0 Å². The highest BCUT2D eigenvalue weighted by atomic mass is 16.5. The summed E-state index contributed by atoms with van der Waals surface area (Å²) in [6.45, 7) is 11.9. The van der Waals surface area contributed by atoms with Gasteiger partial charge in [-0.05, 0) is 61.1 Å². The standard InChI is InChI=1S/C31H37N5O2/c1-22(2)12-13-26-23(3)27(21-32)30-33-28-10-5-6-11-29(28)36(30)31(26)35-16-14-34(15-17-35)18-19-38-25-9-7-8-24(20-25)37-4/h5-11,20,22H,12-19H2,1-4H3. The molecule has 4 aromatic rings. The number of rotatable bonds is 9. The molecule has 7 nitrogen and oxygen atoms in total. The smallest absolute Gasteiger partial charge is 0.157 e. The molecule has 2 aromatic heterocycles. The molecule has 0 aliphatic carbocycles. The van der Waals surface area contributed by atoms with E-state index in [2.05, 4.69) is 53.2 Å². The molecule has 38 heavy (non-hydrogen) atoms. The second-order valence-corrected chi connectivity index (χ2v) is 10.5. The van der Waals surface area contributed by atoms with Crippen molar-refractivity contribution in [2.45, 2.75) is 33.6 Å². The van der Waals surface area contributed by atoms with Crippen LogP contribution >= 0.6 is 0 Å². The van der Waals surface area contributed by atoms with Crippen molar-refractivity contribution < 1.29 is 9.47 Å². The lowest BCUT2D eigenvalue weighted by Gasteiger charge is -2.37. The number of ether oxygens (including phenoxy) is 2. The zero-order valence-electron chi connectivity index (χ0n) is 22.9. The van der Waals surface area contributed by atoms with Crippen LogP contribution < -0.4 is 14.4 Å². The largest absolute Gasteiger partial charge is 0.497 e. The van der Waals surface area contributed by atoms with E-state index in [0.29, 0.717) is 18.1 Å². The summed E-state index contributed by atoms with van der Waals surface area (Å²) in [6.07, 6.45) is 2.03. The Bertz CT molecular complexity index is 1460. The van der Waals surface area contributed by atoms with Crippen LogP contribution in [0, 0.1) is 24.2 Å². The van der Waals surface area contributed by atoms with Crippen LogP contribution in [0.3, 0.4) is 0 Å². The van der Waals surface area contributed by atoms with E-state index in [9.17, 15) is 5.26 Å². The molecule has 7 heteroatoms.